The molecule has 0 heterocycles. The van der Waals surface area contributed by atoms with Crippen molar-refractivity contribution in [2.75, 3.05) is 6.61 Å². The minimum Gasteiger partial charge on any atom is -0.487 e. The topological polar surface area (TPSA) is 69.4 Å². The maximum absolute atomic E-state index is 10.8. The van der Waals surface area contributed by atoms with Gasteiger partial charge in [-0.2, -0.15) is 0 Å². The van der Waals surface area contributed by atoms with Gasteiger partial charge in [-0.15, -0.1) is 0 Å². The first kappa shape index (κ1) is 11.6. The molecule has 0 amide bonds. The molecule has 0 unspecified atom stereocenters. The summed E-state index contributed by atoms with van der Waals surface area (Å²) in [6.45, 7) is 0.466. The van der Waals surface area contributed by atoms with Crippen LogP contribution in [0.5, 0.6) is 5.75 Å². The maximum atomic E-state index is 10.8. The van der Waals surface area contributed by atoms with Crippen molar-refractivity contribution >= 4 is 12.0 Å². The molecule has 1 aromatic carbocycles. The van der Waals surface area contributed by atoms with Gasteiger partial charge in [0.25, 0.3) is 0 Å². The van der Waals surface area contributed by atoms with Gasteiger partial charge in [-0.25, -0.2) is 0 Å². The molecule has 0 N–H and O–H groups in total. The number of carbonyl (C=O) groups is 1. The zero-order valence-corrected chi connectivity index (χ0v) is 9.30. The van der Waals surface area contributed by atoms with Gasteiger partial charge in [0.15, 0.2) is 5.75 Å². The third-order valence-corrected chi connectivity index (χ3v) is 2.80. The zero-order valence-electron chi connectivity index (χ0n) is 9.30. The molecule has 1 aliphatic rings. The Balaban J connectivity index is 2.09. The fraction of sp³-hybridized carbons (Fsp3) is 0.417. The molecule has 0 atom stereocenters. The molecule has 5 heteroatoms. The fourth-order valence-electron chi connectivity index (χ4n) is 1.61. The molecule has 5 nitrogen and oxygen atoms in total. The van der Waals surface area contributed by atoms with Crippen molar-refractivity contribution in [2.24, 2.45) is 5.92 Å². The van der Waals surface area contributed by atoms with Crippen LogP contribution in [0.2, 0.25) is 0 Å². The van der Waals surface area contributed by atoms with Gasteiger partial charge in [0.1, 0.15) is 6.29 Å². The highest BCUT2D eigenvalue weighted by Gasteiger charge is 2.22. The first-order valence-electron chi connectivity index (χ1n) is 5.57. The molecule has 1 aliphatic carbocycles. The molecule has 1 fully saturated rings. The Labute approximate surface area is 98.5 Å². The van der Waals surface area contributed by atoms with Crippen molar-refractivity contribution in [3.8, 4) is 5.75 Å². The molecule has 0 spiro atoms. The summed E-state index contributed by atoms with van der Waals surface area (Å²) in [5.41, 5.74) is 0.295. The average molecular weight is 235 g/mol. The smallest absolute Gasteiger partial charge is 0.310 e. The summed E-state index contributed by atoms with van der Waals surface area (Å²) in [4.78, 5) is 20.9. The van der Waals surface area contributed by atoms with E-state index in [-0.39, 0.29) is 11.4 Å². The van der Waals surface area contributed by atoms with Crippen molar-refractivity contribution < 1.29 is 14.5 Å². The highest BCUT2D eigenvalue weighted by atomic mass is 16.6. The first-order valence-corrected chi connectivity index (χ1v) is 5.57. The molecular weight excluding hydrogens is 222 g/mol. The van der Waals surface area contributed by atoms with Crippen molar-refractivity contribution in [1.82, 2.24) is 0 Å². The standard InChI is InChI=1S/C12H13NO4/c14-8-10-3-4-11(13(15)16)12(7-10)17-6-5-9-1-2-9/h3-4,7-9H,1-2,5-6H2. The maximum Gasteiger partial charge on any atom is 0.310 e. The number of nitrogens with zero attached hydrogens (tertiary/aromatic N) is 1. The van der Waals surface area contributed by atoms with E-state index in [1.54, 1.807) is 0 Å². The van der Waals surface area contributed by atoms with Crippen LogP contribution < -0.4 is 4.74 Å². The van der Waals surface area contributed by atoms with Gasteiger partial charge in [0, 0.05) is 11.6 Å². The van der Waals surface area contributed by atoms with E-state index in [1.165, 1.54) is 31.0 Å². The molecular formula is C12H13NO4. The minimum absolute atomic E-state index is 0.0913. The zero-order chi connectivity index (χ0) is 12.3. The number of hydrogen-bond donors (Lipinski definition) is 0. The van der Waals surface area contributed by atoms with Gasteiger partial charge in [-0.05, 0) is 24.5 Å². The van der Waals surface area contributed by atoms with Gasteiger partial charge >= 0.3 is 5.69 Å². The lowest BCUT2D eigenvalue weighted by Crippen LogP contribution is -2.02. The number of hydrogen-bond acceptors (Lipinski definition) is 4. The van der Waals surface area contributed by atoms with E-state index in [1.807, 2.05) is 0 Å². The Morgan fingerprint density at radius 2 is 2.24 bits per heavy atom. The summed E-state index contributed by atoms with van der Waals surface area (Å²) in [6.07, 6.45) is 4.01. The molecule has 1 aromatic rings. The van der Waals surface area contributed by atoms with E-state index in [4.69, 9.17) is 4.74 Å². The summed E-state index contributed by atoms with van der Waals surface area (Å²) >= 11 is 0. The second kappa shape index (κ2) is 4.95. The monoisotopic (exact) mass is 235 g/mol. The lowest BCUT2D eigenvalue weighted by molar-refractivity contribution is -0.385. The summed E-state index contributed by atoms with van der Waals surface area (Å²) < 4.78 is 5.39. The highest BCUT2D eigenvalue weighted by Crippen LogP contribution is 2.33. The molecule has 90 valence electrons. The van der Waals surface area contributed by atoms with Crippen molar-refractivity contribution in [3.63, 3.8) is 0 Å². The van der Waals surface area contributed by atoms with E-state index in [2.05, 4.69) is 0 Å². The Kier molecular flexibility index (Phi) is 3.37. The average Bonchev–Trinajstić information content (AvgIpc) is 3.12. The Hall–Kier alpha value is -1.91. The molecule has 0 aromatic heterocycles. The lowest BCUT2D eigenvalue weighted by Gasteiger charge is -2.06. The fourth-order valence-corrected chi connectivity index (χ4v) is 1.61. The van der Waals surface area contributed by atoms with Gasteiger partial charge < -0.3 is 4.74 Å². The number of benzene rings is 1. The normalized spacial score (nSPS) is 14.4. The molecule has 0 radical (unpaired) electrons. The quantitative estimate of drug-likeness (QED) is 0.431. The van der Waals surface area contributed by atoms with E-state index in [0.717, 1.165) is 6.42 Å². The van der Waals surface area contributed by atoms with Crippen molar-refractivity contribution in [3.05, 3.63) is 33.9 Å². The van der Waals surface area contributed by atoms with Crippen LogP contribution in [0.1, 0.15) is 29.6 Å². The molecule has 0 bridgehead atoms. The second-order valence-corrected chi connectivity index (χ2v) is 4.18. The third kappa shape index (κ3) is 3.03. The lowest BCUT2D eigenvalue weighted by atomic mass is 10.2. The summed E-state index contributed by atoms with van der Waals surface area (Å²) in [5, 5.41) is 10.8. The van der Waals surface area contributed by atoms with Crippen LogP contribution in [0.4, 0.5) is 5.69 Å². The predicted octanol–water partition coefficient (Wildman–Crippen LogP) is 2.59. The molecule has 1 saturated carbocycles. The SMILES string of the molecule is O=Cc1ccc([N+](=O)[O-])c(OCCC2CC2)c1. The van der Waals surface area contributed by atoms with Crippen LogP contribution in [0, 0.1) is 16.0 Å². The number of rotatable bonds is 6. The van der Waals surface area contributed by atoms with Gasteiger partial charge in [0.05, 0.1) is 11.5 Å². The van der Waals surface area contributed by atoms with E-state index in [0.29, 0.717) is 24.4 Å². The Morgan fingerprint density at radius 1 is 1.47 bits per heavy atom. The van der Waals surface area contributed by atoms with Crippen LogP contribution >= 0.6 is 0 Å². The Bertz CT molecular complexity index is 440. The van der Waals surface area contributed by atoms with Crippen LogP contribution in [-0.2, 0) is 0 Å². The number of carbonyl (C=O) groups excluding carboxylic acids is 1. The molecule has 0 saturated heterocycles. The third-order valence-electron chi connectivity index (χ3n) is 2.80. The number of aldehydes is 1. The van der Waals surface area contributed by atoms with Gasteiger partial charge in [0.2, 0.25) is 0 Å². The summed E-state index contributed by atoms with van der Waals surface area (Å²) in [5.74, 6) is 0.892. The van der Waals surface area contributed by atoms with Crippen LogP contribution in [-0.4, -0.2) is 17.8 Å². The predicted molar refractivity (Wildman–Crippen MR) is 61.3 cm³/mol. The summed E-state index contributed by atoms with van der Waals surface area (Å²) in [6, 6.07) is 4.13. The minimum atomic E-state index is -0.499. The molecule has 17 heavy (non-hydrogen) atoms. The van der Waals surface area contributed by atoms with E-state index in [9.17, 15) is 14.9 Å². The highest BCUT2D eigenvalue weighted by molar-refractivity contribution is 5.76. The van der Waals surface area contributed by atoms with E-state index >= 15 is 0 Å². The number of nitro groups is 1. The largest absolute Gasteiger partial charge is 0.487 e. The van der Waals surface area contributed by atoms with Crippen LogP contribution in [0.3, 0.4) is 0 Å². The van der Waals surface area contributed by atoms with Crippen LogP contribution in [0.25, 0.3) is 0 Å². The second-order valence-electron chi connectivity index (χ2n) is 4.18. The number of ether oxygens (including phenoxy) is 1. The molecule has 0 aliphatic heterocycles. The number of nitro benzene ring substituents is 1. The van der Waals surface area contributed by atoms with Crippen molar-refractivity contribution in [1.29, 1.82) is 0 Å². The first-order chi connectivity index (χ1) is 8.20. The van der Waals surface area contributed by atoms with E-state index < -0.39 is 4.92 Å². The van der Waals surface area contributed by atoms with Gasteiger partial charge in [-0.1, -0.05) is 12.8 Å². The molecule has 2 rings (SSSR count). The van der Waals surface area contributed by atoms with Gasteiger partial charge in [-0.3, -0.25) is 14.9 Å². The Morgan fingerprint density at radius 3 is 2.82 bits per heavy atom. The van der Waals surface area contributed by atoms with Crippen molar-refractivity contribution in [2.45, 2.75) is 19.3 Å². The van der Waals surface area contributed by atoms with Crippen LogP contribution in [0.15, 0.2) is 18.2 Å². The summed E-state index contributed by atoms with van der Waals surface area (Å²) in [7, 11) is 0.